The highest BCUT2D eigenvalue weighted by atomic mass is 35.5. The van der Waals surface area contributed by atoms with Crippen molar-refractivity contribution in [3.05, 3.63) is 10.6 Å². The molecular weight excluding hydrogens is 179 g/mol. The lowest BCUT2D eigenvalue weighted by molar-refractivity contribution is 0.543. The van der Waals surface area contributed by atoms with Crippen LogP contribution >= 0.6 is 23.2 Å². The lowest BCUT2D eigenvalue weighted by atomic mass is 10.1. The Hall–Kier alpha value is 0.320. The molecule has 0 aromatic carbocycles. The van der Waals surface area contributed by atoms with Crippen molar-refractivity contribution in [3.8, 4) is 0 Å². The van der Waals surface area contributed by atoms with Crippen molar-refractivity contribution in [2.24, 2.45) is 17.3 Å². The third-order valence-corrected chi connectivity index (χ3v) is 3.14. The van der Waals surface area contributed by atoms with E-state index in [9.17, 15) is 0 Å². The largest absolute Gasteiger partial charge is 0.103 e. The summed E-state index contributed by atoms with van der Waals surface area (Å²) in [5.74, 6) is 1.37. The van der Waals surface area contributed by atoms with Crippen LogP contribution in [-0.2, 0) is 0 Å². The standard InChI is InChI=1S/C9H14Cl2/c1-4-6-7(5-8(10)11)9(6,2)3/h5-7H,4H2,1-3H3. The van der Waals surface area contributed by atoms with Gasteiger partial charge < -0.3 is 0 Å². The van der Waals surface area contributed by atoms with Crippen LogP contribution in [0.3, 0.4) is 0 Å². The highest BCUT2D eigenvalue weighted by molar-refractivity contribution is 6.55. The molecule has 64 valence electrons. The van der Waals surface area contributed by atoms with E-state index in [1.165, 1.54) is 6.42 Å². The zero-order valence-electron chi connectivity index (χ0n) is 7.20. The summed E-state index contributed by atoms with van der Waals surface area (Å²) in [7, 11) is 0. The summed E-state index contributed by atoms with van der Waals surface area (Å²) in [5.41, 5.74) is 0.420. The monoisotopic (exact) mass is 192 g/mol. The summed E-state index contributed by atoms with van der Waals surface area (Å²) in [6.07, 6.45) is 3.19. The molecule has 1 aliphatic carbocycles. The first-order valence-corrected chi connectivity index (χ1v) is 4.78. The normalized spacial score (nSPS) is 33.2. The molecule has 0 N–H and O–H groups in total. The first-order chi connectivity index (χ1) is 5.00. The maximum atomic E-state index is 5.59. The smallest absolute Gasteiger partial charge is 0.0712 e. The van der Waals surface area contributed by atoms with Gasteiger partial charge in [-0.25, -0.2) is 0 Å². The minimum atomic E-state index is 0.416. The van der Waals surface area contributed by atoms with Gasteiger partial charge in [0.15, 0.2) is 0 Å². The lowest BCUT2D eigenvalue weighted by Gasteiger charge is -1.97. The number of hydrogen-bond acceptors (Lipinski definition) is 0. The molecule has 0 aromatic rings. The summed E-state index contributed by atoms with van der Waals surface area (Å²) >= 11 is 11.2. The van der Waals surface area contributed by atoms with Crippen LogP contribution in [0.4, 0.5) is 0 Å². The molecule has 0 amide bonds. The van der Waals surface area contributed by atoms with Gasteiger partial charge in [-0.05, 0) is 17.3 Å². The fourth-order valence-corrected chi connectivity index (χ4v) is 2.30. The number of hydrogen-bond donors (Lipinski definition) is 0. The second-order valence-electron chi connectivity index (χ2n) is 3.82. The molecule has 0 radical (unpaired) electrons. The van der Waals surface area contributed by atoms with Crippen LogP contribution < -0.4 is 0 Å². The van der Waals surface area contributed by atoms with Crippen molar-refractivity contribution in [3.63, 3.8) is 0 Å². The van der Waals surface area contributed by atoms with Crippen LogP contribution in [0.2, 0.25) is 0 Å². The van der Waals surface area contributed by atoms with Crippen molar-refractivity contribution in [2.45, 2.75) is 27.2 Å². The Kier molecular flexibility index (Phi) is 2.56. The van der Waals surface area contributed by atoms with Crippen LogP contribution in [0.1, 0.15) is 27.2 Å². The maximum absolute atomic E-state index is 5.59. The average molecular weight is 193 g/mol. The highest BCUT2D eigenvalue weighted by Gasteiger charge is 2.54. The first-order valence-electron chi connectivity index (χ1n) is 4.03. The molecule has 1 fully saturated rings. The topological polar surface area (TPSA) is 0 Å². The zero-order chi connectivity index (χ0) is 8.65. The molecule has 2 heteroatoms. The predicted octanol–water partition coefficient (Wildman–Crippen LogP) is 3.99. The van der Waals surface area contributed by atoms with E-state index in [-0.39, 0.29) is 0 Å². The van der Waals surface area contributed by atoms with E-state index in [2.05, 4.69) is 20.8 Å². The number of rotatable bonds is 2. The average Bonchev–Trinajstić information content (AvgIpc) is 2.33. The molecule has 1 rings (SSSR count). The molecule has 0 spiro atoms. The Bertz CT molecular complexity index is 178. The Morgan fingerprint density at radius 3 is 2.27 bits per heavy atom. The third-order valence-electron chi connectivity index (χ3n) is 2.88. The van der Waals surface area contributed by atoms with Crippen LogP contribution in [0, 0.1) is 17.3 Å². The van der Waals surface area contributed by atoms with Gasteiger partial charge in [0, 0.05) is 0 Å². The van der Waals surface area contributed by atoms with E-state index in [1.54, 1.807) is 0 Å². The first kappa shape index (κ1) is 9.41. The van der Waals surface area contributed by atoms with Crippen LogP contribution in [-0.4, -0.2) is 0 Å². The van der Waals surface area contributed by atoms with Gasteiger partial charge >= 0.3 is 0 Å². The van der Waals surface area contributed by atoms with Crippen molar-refractivity contribution in [2.75, 3.05) is 0 Å². The zero-order valence-corrected chi connectivity index (χ0v) is 8.71. The molecule has 0 saturated heterocycles. The van der Waals surface area contributed by atoms with Gasteiger partial charge in [-0.1, -0.05) is 56.5 Å². The van der Waals surface area contributed by atoms with Gasteiger partial charge in [-0.3, -0.25) is 0 Å². The second-order valence-corrected chi connectivity index (χ2v) is 4.83. The summed E-state index contributed by atoms with van der Waals surface area (Å²) in [6, 6.07) is 0. The lowest BCUT2D eigenvalue weighted by Crippen LogP contribution is -1.88. The molecule has 0 bridgehead atoms. The molecule has 2 unspecified atom stereocenters. The molecular formula is C9H14Cl2. The molecule has 0 aromatic heterocycles. The fourth-order valence-electron chi connectivity index (χ4n) is 2.03. The summed E-state index contributed by atoms with van der Waals surface area (Å²) < 4.78 is 0.416. The number of allylic oxidation sites excluding steroid dienone is 1. The summed E-state index contributed by atoms with van der Waals surface area (Å²) in [4.78, 5) is 0. The van der Waals surface area contributed by atoms with Gasteiger partial charge in [0.05, 0.1) is 0 Å². The quantitative estimate of drug-likeness (QED) is 0.622. The van der Waals surface area contributed by atoms with Gasteiger partial charge in [0.2, 0.25) is 0 Å². The molecule has 0 aliphatic heterocycles. The maximum Gasteiger partial charge on any atom is 0.103 e. The van der Waals surface area contributed by atoms with Gasteiger partial charge in [-0.2, -0.15) is 0 Å². The summed E-state index contributed by atoms with van der Waals surface area (Å²) in [5, 5.41) is 0. The molecule has 0 heterocycles. The minimum absolute atomic E-state index is 0.416. The van der Waals surface area contributed by atoms with E-state index in [0.29, 0.717) is 15.8 Å². The second kappa shape index (κ2) is 2.99. The Balaban J connectivity index is 2.59. The van der Waals surface area contributed by atoms with Gasteiger partial charge in [0.1, 0.15) is 4.49 Å². The highest BCUT2D eigenvalue weighted by Crippen LogP contribution is 2.61. The van der Waals surface area contributed by atoms with E-state index in [4.69, 9.17) is 23.2 Å². The van der Waals surface area contributed by atoms with E-state index < -0.39 is 0 Å². The minimum Gasteiger partial charge on any atom is -0.0712 e. The van der Waals surface area contributed by atoms with Crippen molar-refractivity contribution in [1.82, 2.24) is 0 Å². The van der Waals surface area contributed by atoms with Crippen molar-refractivity contribution >= 4 is 23.2 Å². The summed E-state index contributed by atoms with van der Waals surface area (Å²) in [6.45, 7) is 6.74. The van der Waals surface area contributed by atoms with E-state index in [0.717, 1.165) is 5.92 Å². The van der Waals surface area contributed by atoms with Crippen molar-refractivity contribution in [1.29, 1.82) is 0 Å². The number of halogens is 2. The predicted molar refractivity (Wildman–Crippen MR) is 50.8 cm³/mol. The van der Waals surface area contributed by atoms with Gasteiger partial charge in [-0.15, -0.1) is 0 Å². The van der Waals surface area contributed by atoms with Crippen LogP contribution in [0.5, 0.6) is 0 Å². The van der Waals surface area contributed by atoms with Crippen LogP contribution in [0.15, 0.2) is 10.6 Å². The van der Waals surface area contributed by atoms with Crippen LogP contribution in [0.25, 0.3) is 0 Å². The third kappa shape index (κ3) is 1.73. The van der Waals surface area contributed by atoms with E-state index >= 15 is 0 Å². The fraction of sp³-hybridized carbons (Fsp3) is 0.778. The van der Waals surface area contributed by atoms with Crippen molar-refractivity contribution < 1.29 is 0 Å². The molecule has 11 heavy (non-hydrogen) atoms. The molecule has 2 atom stereocenters. The SMILES string of the molecule is CCC1C(C=C(Cl)Cl)C1(C)C. The molecule has 1 aliphatic rings. The van der Waals surface area contributed by atoms with Gasteiger partial charge in [0.25, 0.3) is 0 Å². The molecule has 1 saturated carbocycles. The Labute approximate surface area is 78.6 Å². The molecule has 0 nitrogen and oxygen atoms in total. The van der Waals surface area contributed by atoms with E-state index in [1.807, 2.05) is 6.08 Å². The Morgan fingerprint density at radius 1 is 1.45 bits per heavy atom. The Morgan fingerprint density at radius 2 is 2.00 bits per heavy atom.